The summed E-state index contributed by atoms with van der Waals surface area (Å²) >= 11 is 0. The molecule has 0 aromatic heterocycles. The van der Waals surface area contributed by atoms with Crippen molar-refractivity contribution in [3.63, 3.8) is 0 Å². The third kappa shape index (κ3) is 1.44. The Morgan fingerprint density at radius 3 is 2.67 bits per heavy atom. The average Bonchev–Trinajstić information content (AvgIpc) is 2.73. The van der Waals surface area contributed by atoms with E-state index in [9.17, 15) is 5.11 Å². The second kappa shape index (κ2) is 3.44. The number of aliphatic hydroxyl groups is 1. The van der Waals surface area contributed by atoms with Crippen molar-refractivity contribution in [1.29, 1.82) is 0 Å². The summed E-state index contributed by atoms with van der Waals surface area (Å²) in [6, 6.07) is 0.424. The van der Waals surface area contributed by atoms with Crippen LogP contribution in [0.5, 0.6) is 0 Å². The largest absolute Gasteiger partial charge is 0.391 e. The topological polar surface area (TPSA) is 32.7 Å². The standard InChI is InChI=1S/C12H21NO2/c1-12-3-2-9(8-12)10(11(12)14)13-4-6-15-7-5-13/h9-11,14H,2-8H2,1H3. The van der Waals surface area contributed by atoms with Gasteiger partial charge in [-0.2, -0.15) is 0 Å². The molecule has 0 radical (unpaired) electrons. The normalized spacial score (nSPS) is 51.2. The summed E-state index contributed by atoms with van der Waals surface area (Å²) in [5, 5.41) is 10.4. The van der Waals surface area contributed by atoms with Crippen molar-refractivity contribution in [2.24, 2.45) is 11.3 Å². The van der Waals surface area contributed by atoms with Crippen molar-refractivity contribution in [3.8, 4) is 0 Å². The minimum Gasteiger partial charge on any atom is -0.391 e. The van der Waals surface area contributed by atoms with Crippen LogP contribution in [-0.2, 0) is 4.74 Å². The van der Waals surface area contributed by atoms with E-state index in [2.05, 4.69) is 11.8 Å². The number of fused-ring (bicyclic) bond motifs is 2. The second-order valence-corrected chi connectivity index (χ2v) is 5.74. The van der Waals surface area contributed by atoms with E-state index in [1.807, 2.05) is 0 Å². The van der Waals surface area contributed by atoms with Gasteiger partial charge in [0.15, 0.2) is 0 Å². The summed E-state index contributed by atoms with van der Waals surface area (Å²) in [6.07, 6.45) is 3.67. The molecular formula is C12H21NO2. The molecule has 3 heteroatoms. The van der Waals surface area contributed by atoms with Gasteiger partial charge in [0.1, 0.15) is 0 Å². The van der Waals surface area contributed by atoms with Gasteiger partial charge in [0, 0.05) is 19.1 Å². The maximum atomic E-state index is 10.4. The zero-order chi connectivity index (χ0) is 10.5. The fourth-order valence-corrected chi connectivity index (χ4v) is 3.92. The third-order valence-corrected chi connectivity index (χ3v) is 4.80. The van der Waals surface area contributed by atoms with Crippen molar-refractivity contribution in [1.82, 2.24) is 4.90 Å². The zero-order valence-electron chi connectivity index (χ0n) is 9.48. The number of nitrogens with zero attached hydrogens (tertiary/aromatic N) is 1. The Kier molecular flexibility index (Phi) is 2.31. The summed E-state index contributed by atoms with van der Waals surface area (Å²) in [7, 11) is 0. The summed E-state index contributed by atoms with van der Waals surface area (Å²) in [6.45, 7) is 5.96. The molecule has 1 heterocycles. The Morgan fingerprint density at radius 1 is 1.33 bits per heavy atom. The van der Waals surface area contributed by atoms with Crippen LogP contribution in [0.15, 0.2) is 0 Å². The Morgan fingerprint density at radius 2 is 2.07 bits per heavy atom. The van der Waals surface area contributed by atoms with Crippen LogP contribution in [0.1, 0.15) is 26.2 Å². The molecule has 2 aliphatic carbocycles. The molecule has 3 fully saturated rings. The van der Waals surface area contributed by atoms with Crippen LogP contribution in [0.25, 0.3) is 0 Å². The maximum Gasteiger partial charge on any atom is 0.0751 e. The van der Waals surface area contributed by atoms with E-state index >= 15 is 0 Å². The Bertz CT molecular complexity index is 252. The molecule has 0 spiro atoms. The first-order chi connectivity index (χ1) is 7.21. The van der Waals surface area contributed by atoms with Gasteiger partial charge in [-0.15, -0.1) is 0 Å². The lowest BCUT2D eigenvalue weighted by molar-refractivity contribution is -0.0569. The minimum atomic E-state index is -0.102. The predicted octanol–water partition coefficient (Wildman–Crippen LogP) is 0.868. The predicted molar refractivity (Wildman–Crippen MR) is 57.6 cm³/mol. The molecular weight excluding hydrogens is 190 g/mol. The van der Waals surface area contributed by atoms with E-state index in [-0.39, 0.29) is 11.5 Å². The van der Waals surface area contributed by atoms with Gasteiger partial charge in [-0.05, 0) is 30.6 Å². The summed E-state index contributed by atoms with van der Waals surface area (Å²) in [5.74, 6) is 0.739. The molecule has 3 rings (SSSR count). The zero-order valence-corrected chi connectivity index (χ0v) is 9.48. The molecule has 0 amide bonds. The van der Waals surface area contributed by atoms with Crippen LogP contribution >= 0.6 is 0 Å². The average molecular weight is 211 g/mol. The highest BCUT2D eigenvalue weighted by Gasteiger charge is 2.56. The maximum absolute atomic E-state index is 10.4. The summed E-state index contributed by atoms with van der Waals surface area (Å²) in [5.41, 5.74) is 0.216. The highest BCUT2D eigenvalue weighted by Crippen LogP contribution is 2.55. The number of hydrogen-bond donors (Lipinski definition) is 1. The molecule has 2 bridgehead atoms. The lowest BCUT2D eigenvalue weighted by Gasteiger charge is -2.41. The quantitative estimate of drug-likeness (QED) is 0.698. The monoisotopic (exact) mass is 211 g/mol. The van der Waals surface area contributed by atoms with Crippen LogP contribution in [0.4, 0.5) is 0 Å². The lowest BCUT2D eigenvalue weighted by Crippen LogP contribution is -2.53. The lowest BCUT2D eigenvalue weighted by atomic mass is 9.81. The Hall–Kier alpha value is -0.120. The molecule has 86 valence electrons. The SMILES string of the molecule is CC12CCC(C1)C(N1CCOCC1)C2O. The molecule has 3 aliphatic rings. The van der Waals surface area contributed by atoms with E-state index in [0.717, 1.165) is 32.2 Å². The van der Waals surface area contributed by atoms with Gasteiger partial charge in [-0.3, -0.25) is 4.90 Å². The number of hydrogen-bond acceptors (Lipinski definition) is 3. The highest BCUT2D eigenvalue weighted by molar-refractivity contribution is 5.08. The molecule has 3 nitrogen and oxygen atoms in total. The van der Waals surface area contributed by atoms with Crippen molar-refractivity contribution in [2.75, 3.05) is 26.3 Å². The first-order valence-corrected chi connectivity index (χ1v) is 6.21. The molecule has 1 saturated heterocycles. The fourth-order valence-electron chi connectivity index (χ4n) is 3.92. The van der Waals surface area contributed by atoms with E-state index in [0.29, 0.717) is 6.04 Å². The van der Waals surface area contributed by atoms with Crippen LogP contribution in [0, 0.1) is 11.3 Å². The van der Waals surface area contributed by atoms with Crippen molar-refractivity contribution in [2.45, 2.75) is 38.3 Å². The van der Waals surface area contributed by atoms with Gasteiger partial charge in [0.05, 0.1) is 19.3 Å². The third-order valence-electron chi connectivity index (χ3n) is 4.80. The second-order valence-electron chi connectivity index (χ2n) is 5.74. The van der Waals surface area contributed by atoms with Crippen LogP contribution < -0.4 is 0 Å². The summed E-state index contributed by atoms with van der Waals surface area (Å²) < 4.78 is 5.38. The van der Waals surface area contributed by atoms with E-state index in [1.54, 1.807) is 0 Å². The Labute approximate surface area is 91.4 Å². The molecule has 2 saturated carbocycles. The smallest absolute Gasteiger partial charge is 0.0751 e. The van der Waals surface area contributed by atoms with Crippen LogP contribution in [0.3, 0.4) is 0 Å². The van der Waals surface area contributed by atoms with Crippen LogP contribution in [0.2, 0.25) is 0 Å². The molecule has 0 aromatic carbocycles. The number of ether oxygens (including phenoxy) is 1. The van der Waals surface area contributed by atoms with Gasteiger partial charge in [0.2, 0.25) is 0 Å². The first kappa shape index (κ1) is 10.1. The van der Waals surface area contributed by atoms with Crippen molar-refractivity contribution >= 4 is 0 Å². The van der Waals surface area contributed by atoms with Gasteiger partial charge in [-0.25, -0.2) is 0 Å². The molecule has 0 aromatic rings. The van der Waals surface area contributed by atoms with Gasteiger partial charge in [0.25, 0.3) is 0 Å². The number of rotatable bonds is 1. The van der Waals surface area contributed by atoms with Gasteiger partial charge < -0.3 is 9.84 Å². The van der Waals surface area contributed by atoms with E-state index in [1.165, 1.54) is 19.3 Å². The Balaban J connectivity index is 1.76. The molecule has 4 unspecified atom stereocenters. The number of aliphatic hydroxyl groups excluding tert-OH is 1. The molecule has 4 atom stereocenters. The fraction of sp³-hybridized carbons (Fsp3) is 1.00. The minimum absolute atomic E-state index is 0.102. The molecule has 1 N–H and O–H groups in total. The van der Waals surface area contributed by atoms with E-state index < -0.39 is 0 Å². The van der Waals surface area contributed by atoms with Crippen LogP contribution in [-0.4, -0.2) is 48.5 Å². The van der Waals surface area contributed by atoms with E-state index in [4.69, 9.17) is 4.74 Å². The highest BCUT2D eigenvalue weighted by atomic mass is 16.5. The molecule has 15 heavy (non-hydrogen) atoms. The van der Waals surface area contributed by atoms with Crippen molar-refractivity contribution < 1.29 is 9.84 Å². The first-order valence-electron chi connectivity index (χ1n) is 6.21. The van der Waals surface area contributed by atoms with Gasteiger partial charge in [-0.1, -0.05) is 6.92 Å². The van der Waals surface area contributed by atoms with Gasteiger partial charge >= 0.3 is 0 Å². The molecule has 1 aliphatic heterocycles. The van der Waals surface area contributed by atoms with Crippen molar-refractivity contribution in [3.05, 3.63) is 0 Å². The summed E-state index contributed by atoms with van der Waals surface area (Å²) in [4.78, 5) is 2.46. The number of morpholine rings is 1.